The number of allylic oxidation sites excluding steroid dienone is 1. The molecule has 0 aliphatic heterocycles. The van der Waals surface area contributed by atoms with Gasteiger partial charge >= 0.3 is 0 Å². The monoisotopic (exact) mass is 291 g/mol. The van der Waals surface area contributed by atoms with Crippen LogP contribution in [-0.2, 0) is 9.53 Å². The number of furan rings is 1. The molecule has 1 heterocycles. The minimum absolute atomic E-state index is 0.0555. The molecule has 0 aliphatic rings. The summed E-state index contributed by atoms with van der Waals surface area (Å²) in [5, 5.41) is 8.33. The van der Waals surface area contributed by atoms with E-state index in [0.29, 0.717) is 12.0 Å². The van der Waals surface area contributed by atoms with Crippen molar-refractivity contribution in [2.45, 2.75) is 39.5 Å². The van der Waals surface area contributed by atoms with Crippen molar-refractivity contribution in [3.63, 3.8) is 0 Å². The third-order valence-electron chi connectivity index (χ3n) is 3.04. The van der Waals surface area contributed by atoms with Gasteiger partial charge in [0.15, 0.2) is 6.29 Å². The van der Waals surface area contributed by atoms with E-state index in [0.717, 1.165) is 12.5 Å². The first-order chi connectivity index (χ1) is 10.2. The molecule has 0 saturated carbocycles. The van der Waals surface area contributed by atoms with Crippen LogP contribution in [0.5, 0.6) is 0 Å². The SMILES string of the molecule is CCCCC(CC)COC.N#C/C(C=O)=C\c1ccco1. The molecule has 0 aliphatic carbocycles. The Morgan fingerprint density at radius 3 is 2.71 bits per heavy atom. The Bertz CT molecular complexity index is 429. The molecular formula is C17H25NO3. The summed E-state index contributed by atoms with van der Waals surface area (Å²) in [7, 11) is 1.79. The highest BCUT2D eigenvalue weighted by atomic mass is 16.5. The minimum atomic E-state index is 0.0555. The second-order valence-electron chi connectivity index (χ2n) is 4.72. The summed E-state index contributed by atoms with van der Waals surface area (Å²) in [5.41, 5.74) is 0.0555. The van der Waals surface area contributed by atoms with Gasteiger partial charge in [0.1, 0.15) is 11.8 Å². The molecule has 4 nitrogen and oxygen atoms in total. The van der Waals surface area contributed by atoms with Crippen molar-refractivity contribution < 1.29 is 13.9 Å². The number of rotatable bonds is 8. The summed E-state index contributed by atoms with van der Waals surface area (Å²) in [6, 6.07) is 5.08. The third-order valence-corrected chi connectivity index (χ3v) is 3.04. The average molecular weight is 291 g/mol. The Kier molecular flexibility index (Phi) is 12.0. The highest BCUT2D eigenvalue weighted by molar-refractivity contribution is 5.86. The van der Waals surface area contributed by atoms with Gasteiger partial charge in [-0.3, -0.25) is 4.79 Å². The van der Waals surface area contributed by atoms with Crippen LogP contribution in [0.2, 0.25) is 0 Å². The van der Waals surface area contributed by atoms with Gasteiger partial charge in [0.05, 0.1) is 11.8 Å². The Hall–Kier alpha value is -1.86. The summed E-state index contributed by atoms with van der Waals surface area (Å²) >= 11 is 0. The smallest absolute Gasteiger partial charge is 0.160 e. The Balaban J connectivity index is 0.000000384. The average Bonchev–Trinajstić information content (AvgIpc) is 3.02. The third kappa shape index (κ3) is 9.64. The van der Waals surface area contributed by atoms with Gasteiger partial charge in [-0.1, -0.05) is 33.1 Å². The van der Waals surface area contributed by atoms with Crippen LogP contribution in [0.25, 0.3) is 6.08 Å². The Labute approximate surface area is 127 Å². The van der Waals surface area contributed by atoms with Crippen LogP contribution in [0.3, 0.4) is 0 Å². The molecule has 0 fully saturated rings. The normalized spacial score (nSPS) is 12.0. The molecule has 21 heavy (non-hydrogen) atoms. The fourth-order valence-electron chi connectivity index (χ4n) is 1.75. The van der Waals surface area contributed by atoms with Gasteiger partial charge in [0, 0.05) is 19.8 Å². The van der Waals surface area contributed by atoms with E-state index in [1.807, 2.05) is 0 Å². The molecule has 4 heteroatoms. The first-order valence-electron chi connectivity index (χ1n) is 7.31. The number of carbonyl (C=O) groups excluding carboxylic acids is 1. The molecule has 0 spiro atoms. The molecule has 0 N–H and O–H groups in total. The van der Waals surface area contributed by atoms with E-state index in [-0.39, 0.29) is 5.57 Å². The lowest BCUT2D eigenvalue weighted by Crippen LogP contribution is -2.06. The van der Waals surface area contributed by atoms with Crippen molar-refractivity contribution in [2.24, 2.45) is 5.92 Å². The van der Waals surface area contributed by atoms with Crippen molar-refractivity contribution in [3.05, 3.63) is 29.7 Å². The maximum atomic E-state index is 10.1. The zero-order chi connectivity index (χ0) is 15.9. The summed E-state index contributed by atoms with van der Waals surface area (Å²) in [6.45, 7) is 5.41. The van der Waals surface area contributed by atoms with Crippen LogP contribution >= 0.6 is 0 Å². The number of methoxy groups -OCH3 is 1. The van der Waals surface area contributed by atoms with Crippen molar-refractivity contribution in [1.82, 2.24) is 0 Å². The first-order valence-corrected chi connectivity index (χ1v) is 7.31. The van der Waals surface area contributed by atoms with Crippen molar-refractivity contribution in [2.75, 3.05) is 13.7 Å². The van der Waals surface area contributed by atoms with E-state index in [2.05, 4.69) is 13.8 Å². The predicted octanol–water partition coefficient (Wildman–Crippen LogP) is 4.23. The molecule has 1 unspecified atom stereocenters. The van der Waals surface area contributed by atoms with Crippen molar-refractivity contribution in [3.8, 4) is 6.07 Å². The number of carbonyl (C=O) groups is 1. The molecule has 116 valence electrons. The van der Waals surface area contributed by atoms with Gasteiger partial charge in [-0.15, -0.1) is 0 Å². The highest BCUT2D eigenvalue weighted by Gasteiger charge is 2.03. The van der Waals surface area contributed by atoms with Gasteiger partial charge in [-0.05, 0) is 24.5 Å². The first kappa shape index (κ1) is 19.1. The van der Waals surface area contributed by atoms with Crippen molar-refractivity contribution in [1.29, 1.82) is 5.26 Å². The summed E-state index contributed by atoms with van der Waals surface area (Å²) in [4.78, 5) is 10.1. The number of unbranched alkanes of at least 4 members (excludes halogenated alkanes) is 1. The van der Waals surface area contributed by atoms with Crippen LogP contribution in [0.1, 0.15) is 45.3 Å². The topological polar surface area (TPSA) is 63.2 Å². The van der Waals surface area contributed by atoms with Crippen LogP contribution in [0.4, 0.5) is 0 Å². The minimum Gasteiger partial charge on any atom is -0.465 e. The summed E-state index contributed by atoms with van der Waals surface area (Å²) < 4.78 is 9.97. The lowest BCUT2D eigenvalue weighted by Gasteiger charge is -2.11. The molecule has 1 aromatic heterocycles. The number of ether oxygens (including phenoxy) is 1. The zero-order valence-corrected chi connectivity index (χ0v) is 13.2. The van der Waals surface area contributed by atoms with Crippen LogP contribution in [0, 0.1) is 17.2 Å². The number of nitriles is 1. The second-order valence-corrected chi connectivity index (χ2v) is 4.72. The molecule has 0 bridgehead atoms. The fourth-order valence-corrected chi connectivity index (χ4v) is 1.75. The van der Waals surface area contributed by atoms with E-state index in [1.165, 1.54) is 38.0 Å². The molecular weight excluding hydrogens is 266 g/mol. The largest absolute Gasteiger partial charge is 0.465 e. The van der Waals surface area contributed by atoms with E-state index in [4.69, 9.17) is 14.4 Å². The number of hydrogen-bond donors (Lipinski definition) is 0. The zero-order valence-electron chi connectivity index (χ0n) is 13.2. The van der Waals surface area contributed by atoms with E-state index >= 15 is 0 Å². The fraction of sp³-hybridized carbons (Fsp3) is 0.529. The van der Waals surface area contributed by atoms with Gasteiger partial charge < -0.3 is 9.15 Å². The molecule has 0 aromatic carbocycles. The predicted molar refractivity (Wildman–Crippen MR) is 83.5 cm³/mol. The lowest BCUT2D eigenvalue weighted by molar-refractivity contribution is -0.104. The summed E-state index contributed by atoms with van der Waals surface area (Å²) in [6.07, 6.45) is 8.60. The van der Waals surface area contributed by atoms with E-state index in [9.17, 15) is 4.79 Å². The maximum absolute atomic E-state index is 10.1. The molecule has 1 rings (SSSR count). The maximum Gasteiger partial charge on any atom is 0.160 e. The molecule has 1 aromatic rings. The molecule has 0 saturated heterocycles. The van der Waals surface area contributed by atoms with Crippen LogP contribution in [-0.4, -0.2) is 20.0 Å². The number of aldehydes is 1. The highest BCUT2D eigenvalue weighted by Crippen LogP contribution is 2.11. The van der Waals surface area contributed by atoms with Gasteiger partial charge in [-0.2, -0.15) is 5.26 Å². The Morgan fingerprint density at radius 2 is 2.29 bits per heavy atom. The molecule has 1 atom stereocenters. The molecule has 0 amide bonds. The van der Waals surface area contributed by atoms with Crippen molar-refractivity contribution >= 4 is 12.4 Å². The lowest BCUT2D eigenvalue weighted by atomic mass is 10.0. The number of hydrogen-bond acceptors (Lipinski definition) is 4. The van der Waals surface area contributed by atoms with E-state index < -0.39 is 0 Å². The molecule has 0 radical (unpaired) electrons. The summed E-state index contributed by atoms with van der Waals surface area (Å²) in [5.74, 6) is 1.30. The van der Waals surface area contributed by atoms with E-state index in [1.54, 1.807) is 25.3 Å². The van der Waals surface area contributed by atoms with Gasteiger partial charge in [-0.25, -0.2) is 0 Å². The number of nitrogens with zero attached hydrogens (tertiary/aromatic N) is 1. The van der Waals surface area contributed by atoms with Crippen LogP contribution < -0.4 is 0 Å². The van der Waals surface area contributed by atoms with Gasteiger partial charge in [0.2, 0.25) is 0 Å². The Morgan fingerprint density at radius 1 is 1.52 bits per heavy atom. The second kappa shape index (κ2) is 13.1. The standard InChI is InChI=1S/C9H20O.C8H5NO2/c1-4-6-7-9(5-2)8-10-3;9-5-7(6-10)4-8-2-1-3-11-8/h9H,4-8H2,1-3H3;1-4,6H/b;7-4+. The quantitative estimate of drug-likeness (QED) is 0.408. The van der Waals surface area contributed by atoms with Crippen LogP contribution in [0.15, 0.2) is 28.4 Å². The van der Waals surface area contributed by atoms with Gasteiger partial charge in [0.25, 0.3) is 0 Å².